The highest BCUT2D eigenvalue weighted by Crippen LogP contribution is 1.87. The summed E-state index contributed by atoms with van der Waals surface area (Å²) < 4.78 is 4.70. The van der Waals surface area contributed by atoms with E-state index in [0.717, 1.165) is 0 Å². The van der Waals surface area contributed by atoms with Crippen molar-refractivity contribution in [2.75, 3.05) is 20.3 Å². The monoisotopic (exact) mass is 152 g/mol. The van der Waals surface area contributed by atoms with Crippen molar-refractivity contribution in [3.8, 4) is 0 Å². The number of ether oxygens (including phenoxy) is 1. The Bertz CT molecular complexity index is 102. The average molecular weight is 152 g/mol. The maximum Gasteiger partial charge on any atom is 0.758 e. The lowest BCUT2D eigenvalue weighted by molar-refractivity contribution is -0.871. The first-order chi connectivity index (χ1) is 4.68. The molecule has 0 fully saturated rings. The summed E-state index contributed by atoms with van der Waals surface area (Å²) in [6.45, 7) is 0.0655. The summed E-state index contributed by atoms with van der Waals surface area (Å²) in [5, 5.41) is 17.9. The van der Waals surface area contributed by atoms with E-state index in [0.29, 0.717) is 0 Å². The predicted molar refractivity (Wildman–Crippen MR) is 26.9 cm³/mol. The van der Waals surface area contributed by atoms with Crippen LogP contribution in [0.15, 0.2) is 0 Å². The third-order valence-electron chi connectivity index (χ3n) is 0.620. The van der Waals surface area contributed by atoms with Crippen LogP contribution in [0.1, 0.15) is 0 Å². The van der Waals surface area contributed by atoms with Gasteiger partial charge in [-0.05, 0) is 0 Å². The fourth-order valence-corrected chi connectivity index (χ4v) is 0.243. The summed E-state index contributed by atoms with van der Waals surface area (Å²) in [6, 6.07) is 0. The molecule has 1 N–H and O–H groups in total. The predicted octanol–water partition coefficient (Wildman–Crippen LogP) is -0.930. The lowest BCUT2D eigenvalue weighted by atomic mass is 10.8. The second-order valence-corrected chi connectivity index (χ2v) is 1.32. The Morgan fingerprint density at radius 1 is 1.70 bits per heavy atom. The molecule has 10 heavy (non-hydrogen) atoms. The van der Waals surface area contributed by atoms with Gasteiger partial charge in [-0.25, -0.2) is 0 Å². The van der Waals surface area contributed by atoms with Crippen molar-refractivity contribution in [2.45, 2.75) is 0 Å². The van der Waals surface area contributed by atoms with E-state index in [-0.39, 0.29) is 17.9 Å². The number of methoxy groups -OCH3 is 1. The van der Waals surface area contributed by atoms with Crippen molar-refractivity contribution >= 4 is 6.16 Å². The Labute approximate surface area is 57.1 Å². The van der Waals surface area contributed by atoms with Gasteiger partial charge in [0.1, 0.15) is 6.61 Å². The average Bonchev–Trinajstić information content (AvgIpc) is 1.88. The van der Waals surface area contributed by atoms with E-state index in [1.807, 2.05) is 0 Å². The van der Waals surface area contributed by atoms with Crippen LogP contribution in [-0.2, 0) is 14.3 Å². The number of carbonyl (C=O) groups is 1. The van der Waals surface area contributed by atoms with Gasteiger partial charge in [-0.1, -0.05) is 0 Å². The lowest BCUT2D eigenvalue weighted by Gasteiger charge is -2.19. The molecule has 0 aromatic heterocycles. The number of rotatable bonds is 4. The fourth-order valence-electron chi connectivity index (χ4n) is 0.243. The van der Waals surface area contributed by atoms with Crippen LogP contribution in [0.2, 0.25) is 0 Å². The molecule has 6 nitrogen and oxygen atoms in total. The zero-order valence-electron chi connectivity index (χ0n) is 5.40. The molecule has 60 valence electrons. The number of hydrogen-bond acceptors (Lipinski definition) is 4. The van der Waals surface area contributed by atoms with Gasteiger partial charge in [0.2, 0.25) is 0 Å². The first-order valence-corrected chi connectivity index (χ1v) is 2.45. The Morgan fingerprint density at radius 3 is 2.70 bits per heavy atom. The lowest BCUT2D eigenvalue weighted by Crippen LogP contribution is -2.32. The van der Waals surface area contributed by atoms with Crippen LogP contribution in [0, 0.1) is 0 Å². The van der Waals surface area contributed by atoms with E-state index in [4.69, 9.17) is 5.11 Å². The second kappa shape index (κ2) is 4.98. The largest absolute Gasteiger partial charge is 0.758 e. The van der Waals surface area contributed by atoms with Crippen molar-refractivity contribution in [1.29, 1.82) is 0 Å². The Balaban J connectivity index is 3.21. The summed E-state index contributed by atoms with van der Waals surface area (Å²) >= 11 is 0. The number of hydrogen-bond donors (Lipinski definition) is 1. The molecule has 0 aliphatic carbocycles. The van der Waals surface area contributed by atoms with Crippen molar-refractivity contribution < 1.29 is 29.5 Å². The van der Waals surface area contributed by atoms with Gasteiger partial charge in [-0.3, -0.25) is 0 Å². The highest BCUT2D eigenvalue weighted by Gasteiger charge is 2.10. The Morgan fingerprint density at radius 2 is 2.30 bits per heavy atom. The van der Waals surface area contributed by atoms with E-state index < -0.39 is 6.16 Å². The molecule has 0 heterocycles. The third kappa shape index (κ3) is 4.07. The molecule has 0 atom stereocenters. The van der Waals surface area contributed by atoms with E-state index in [9.17, 15) is 10.1 Å². The van der Waals surface area contributed by atoms with E-state index in [1.165, 1.54) is 7.11 Å². The molecule has 0 spiro atoms. The smallest absolute Gasteiger partial charge is 0.583 e. The van der Waals surface area contributed by atoms with Gasteiger partial charge in [-0.2, -0.15) is 4.89 Å². The van der Waals surface area contributed by atoms with Gasteiger partial charge in [0.05, 0.1) is 6.61 Å². The van der Waals surface area contributed by atoms with Crippen molar-refractivity contribution in [3.63, 3.8) is 0 Å². The topological polar surface area (TPSA) is 81.5 Å². The zero-order chi connectivity index (χ0) is 7.98. The van der Waals surface area contributed by atoms with Crippen molar-refractivity contribution in [3.05, 3.63) is 0 Å². The van der Waals surface area contributed by atoms with Gasteiger partial charge in [-0.15, -0.1) is 0 Å². The first-order valence-electron chi connectivity index (χ1n) is 2.45. The summed E-state index contributed by atoms with van der Waals surface area (Å²) in [4.78, 5) is 13.7. The van der Waals surface area contributed by atoms with E-state index in [2.05, 4.69) is 9.62 Å². The molecule has 0 amide bonds. The van der Waals surface area contributed by atoms with Crippen LogP contribution in [0.4, 0.5) is 4.79 Å². The van der Waals surface area contributed by atoms with Crippen LogP contribution in [-0.4, -0.2) is 31.6 Å². The highest BCUT2D eigenvalue weighted by atomic mass is 17.6. The van der Waals surface area contributed by atoms with Gasteiger partial charge in [0.25, 0.3) is 0 Å². The molecular formula is C4H8O6. The van der Waals surface area contributed by atoms with Crippen LogP contribution in [0.3, 0.4) is 0 Å². The molecule has 0 aliphatic rings. The number of carboxylic acid groups (broad SMARTS) is 1. The standard InChI is InChI=1S/C4H8O6/c1-8-2-3-9-10(7)4(5)6/h2-3H2,1H3,(H,5,6). The van der Waals surface area contributed by atoms with Crippen LogP contribution < -0.4 is 5.26 Å². The summed E-state index contributed by atoms with van der Waals surface area (Å²) in [5.41, 5.74) is 0. The molecule has 0 aromatic rings. The molecule has 0 radical (unpaired) electrons. The van der Waals surface area contributed by atoms with Gasteiger partial charge >= 0.3 is 6.16 Å². The van der Waals surface area contributed by atoms with Gasteiger partial charge in [0.15, 0.2) is 0 Å². The van der Waals surface area contributed by atoms with Gasteiger partial charge < -0.3 is 19.8 Å². The zero-order valence-corrected chi connectivity index (χ0v) is 5.40. The summed E-state index contributed by atoms with van der Waals surface area (Å²) in [5.74, 6) is 0. The molecule has 0 aromatic carbocycles. The minimum Gasteiger partial charge on any atom is -0.583 e. The quantitative estimate of drug-likeness (QED) is 0.243. The SMILES string of the molecule is COCCO[O+]([O-])C(=O)O. The molecule has 6 heteroatoms. The van der Waals surface area contributed by atoms with Crippen LogP contribution in [0.25, 0.3) is 0 Å². The van der Waals surface area contributed by atoms with Crippen molar-refractivity contribution in [2.24, 2.45) is 0 Å². The third-order valence-corrected chi connectivity index (χ3v) is 0.620. The molecule has 0 saturated heterocycles. The maximum absolute atomic E-state index is 9.97. The molecule has 0 bridgehead atoms. The van der Waals surface area contributed by atoms with E-state index >= 15 is 0 Å². The highest BCUT2D eigenvalue weighted by molar-refractivity contribution is 5.56. The maximum atomic E-state index is 9.97. The molecule has 0 rings (SSSR count). The first kappa shape index (κ1) is 9.15. The minimum absolute atomic E-state index is 0.100. The van der Waals surface area contributed by atoms with Crippen molar-refractivity contribution in [1.82, 2.24) is 0 Å². The minimum atomic E-state index is -1.75. The molecular weight excluding hydrogens is 144 g/mol. The second-order valence-electron chi connectivity index (χ2n) is 1.32. The fraction of sp³-hybridized carbons (Fsp3) is 0.750. The Kier molecular flexibility index (Phi) is 4.55. The molecule has 0 saturated carbocycles. The molecule has 0 unspecified atom stereocenters. The summed E-state index contributed by atoms with van der Waals surface area (Å²) in [6.07, 6.45) is -1.75. The summed E-state index contributed by atoms with van der Waals surface area (Å²) in [7, 11) is 1.41. The van der Waals surface area contributed by atoms with Crippen LogP contribution >= 0.6 is 0 Å². The molecule has 0 aliphatic heterocycles. The van der Waals surface area contributed by atoms with Gasteiger partial charge in [0, 0.05) is 11.9 Å². The van der Waals surface area contributed by atoms with Crippen LogP contribution in [0.5, 0.6) is 0 Å². The normalized spacial score (nSPS) is 9.40. The Hall–Kier alpha value is -0.850. The van der Waals surface area contributed by atoms with E-state index in [1.54, 1.807) is 0 Å².